The highest BCUT2D eigenvalue weighted by atomic mass is 16.4. The van der Waals surface area contributed by atoms with Crippen LogP contribution in [0.3, 0.4) is 0 Å². The summed E-state index contributed by atoms with van der Waals surface area (Å²) in [5.41, 5.74) is 4.00. The second-order valence-electron chi connectivity index (χ2n) is 5.19. The van der Waals surface area contributed by atoms with Crippen LogP contribution in [0.25, 0.3) is 0 Å². The molecule has 0 amide bonds. The monoisotopic (exact) mass is 247 g/mol. The van der Waals surface area contributed by atoms with E-state index in [1.165, 1.54) is 16.8 Å². The first kappa shape index (κ1) is 12.9. The predicted octanol–water partition coefficient (Wildman–Crippen LogP) is 2.86. The Morgan fingerprint density at radius 3 is 2.89 bits per heavy atom. The number of aliphatic carboxylic acids is 1. The van der Waals surface area contributed by atoms with Crippen molar-refractivity contribution >= 4 is 11.7 Å². The maximum atomic E-state index is 11.0. The molecule has 3 nitrogen and oxygen atoms in total. The van der Waals surface area contributed by atoms with Crippen LogP contribution in [-0.4, -0.2) is 23.7 Å². The Labute approximate surface area is 108 Å². The van der Waals surface area contributed by atoms with Crippen molar-refractivity contribution in [3.63, 3.8) is 0 Å². The average Bonchev–Trinajstić information content (AvgIpc) is 2.68. The zero-order valence-corrected chi connectivity index (χ0v) is 11.3. The summed E-state index contributed by atoms with van der Waals surface area (Å²) in [4.78, 5) is 13.4. The lowest BCUT2D eigenvalue weighted by Crippen LogP contribution is -2.34. The molecule has 0 saturated carbocycles. The maximum absolute atomic E-state index is 11.0. The average molecular weight is 247 g/mol. The van der Waals surface area contributed by atoms with E-state index in [2.05, 4.69) is 36.9 Å². The second-order valence-corrected chi connectivity index (χ2v) is 5.19. The Bertz CT molecular complexity index is 456. The summed E-state index contributed by atoms with van der Waals surface area (Å²) in [6.45, 7) is 7.00. The van der Waals surface area contributed by atoms with E-state index in [0.29, 0.717) is 6.04 Å². The van der Waals surface area contributed by atoms with Gasteiger partial charge in [-0.05, 0) is 43.9 Å². The molecule has 1 aliphatic rings. The lowest BCUT2D eigenvalue weighted by molar-refractivity contribution is -0.141. The highest BCUT2D eigenvalue weighted by Gasteiger charge is 2.31. The van der Waals surface area contributed by atoms with E-state index in [-0.39, 0.29) is 5.92 Å². The third-order valence-electron chi connectivity index (χ3n) is 3.96. The smallest absolute Gasteiger partial charge is 0.306 e. The van der Waals surface area contributed by atoms with Gasteiger partial charge in [0.2, 0.25) is 0 Å². The molecular formula is C15H21NO2. The van der Waals surface area contributed by atoms with Crippen LogP contribution in [0.1, 0.15) is 31.4 Å². The number of hydrogen-bond donors (Lipinski definition) is 1. The van der Waals surface area contributed by atoms with Gasteiger partial charge in [-0.3, -0.25) is 4.79 Å². The van der Waals surface area contributed by atoms with Gasteiger partial charge in [0.1, 0.15) is 0 Å². The Balaban J connectivity index is 2.22. The van der Waals surface area contributed by atoms with E-state index in [0.717, 1.165) is 19.4 Å². The van der Waals surface area contributed by atoms with Gasteiger partial charge >= 0.3 is 5.97 Å². The van der Waals surface area contributed by atoms with Gasteiger partial charge in [0.15, 0.2) is 0 Å². The first-order chi connectivity index (χ1) is 8.54. The number of carboxylic acid groups (broad SMARTS) is 1. The summed E-state index contributed by atoms with van der Waals surface area (Å²) in [5.74, 6) is -0.975. The molecule has 0 bridgehead atoms. The lowest BCUT2D eigenvalue weighted by atomic mass is 9.97. The fraction of sp³-hybridized carbons (Fsp3) is 0.533. The number of aryl methyl sites for hydroxylation is 1. The Morgan fingerprint density at radius 1 is 1.56 bits per heavy atom. The van der Waals surface area contributed by atoms with Crippen LogP contribution in [0.4, 0.5) is 5.69 Å². The highest BCUT2D eigenvalue weighted by Crippen LogP contribution is 2.36. The van der Waals surface area contributed by atoms with Gasteiger partial charge in [-0.15, -0.1) is 0 Å². The molecule has 18 heavy (non-hydrogen) atoms. The van der Waals surface area contributed by atoms with Crippen LogP contribution < -0.4 is 4.90 Å². The third kappa shape index (κ3) is 2.22. The Hall–Kier alpha value is -1.51. The molecule has 1 aromatic rings. The van der Waals surface area contributed by atoms with Crippen LogP contribution in [0.2, 0.25) is 0 Å². The van der Waals surface area contributed by atoms with Crippen molar-refractivity contribution in [2.75, 3.05) is 11.4 Å². The number of carbonyl (C=O) groups is 1. The van der Waals surface area contributed by atoms with Gasteiger partial charge in [0.05, 0.1) is 5.92 Å². The maximum Gasteiger partial charge on any atom is 0.306 e. The van der Waals surface area contributed by atoms with E-state index in [1.807, 2.05) is 0 Å². The highest BCUT2D eigenvalue weighted by molar-refractivity contribution is 5.70. The molecule has 0 spiro atoms. The van der Waals surface area contributed by atoms with Crippen molar-refractivity contribution in [1.82, 2.24) is 0 Å². The van der Waals surface area contributed by atoms with E-state index in [1.54, 1.807) is 6.92 Å². The number of nitrogens with zero attached hydrogens (tertiary/aromatic N) is 1. The molecular weight excluding hydrogens is 226 g/mol. The van der Waals surface area contributed by atoms with Crippen molar-refractivity contribution in [1.29, 1.82) is 0 Å². The topological polar surface area (TPSA) is 40.5 Å². The Morgan fingerprint density at radius 2 is 2.28 bits per heavy atom. The second kappa shape index (κ2) is 5.01. The van der Waals surface area contributed by atoms with Crippen molar-refractivity contribution in [3.05, 3.63) is 29.3 Å². The van der Waals surface area contributed by atoms with Crippen LogP contribution in [-0.2, 0) is 11.2 Å². The third-order valence-corrected chi connectivity index (χ3v) is 3.96. The number of fused-ring (bicyclic) bond motifs is 1. The molecule has 0 aliphatic carbocycles. The summed E-state index contributed by atoms with van der Waals surface area (Å²) in [6.07, 6.45) is 1.70. The zero-order chi connectivity index (χ0) is 13.3. The summed E-state index contributed by atoms with van der Waals surface area (Å²) in [6, 6.07) is 6.70. The Kier molecular flexibility index (Phi) is 3.60. The van der Waals surface area contributed by atoms with Crippen LogP contribution in [0.15, 0.2) is 18.2 Å². The van der Waals surface area contributed by atoms with Crippen molar-refractivity contribution in [2.24, 2.45) is 5.92 Å². The molecule has 0 saturated heterocycles. The van der Waals surface area contributed by atoms with Crippen LogP contribution in [0, 0.1) is 12.8 Å². The normalized spacial score (nSPS) is 19.7. The largest absolute Gasteiger partial charge is 0.481 e. The summed E-state index contributed by atoms with van der Waals surface area (Å²) >= 11 is 0. The van der Waals surface area contributed by atoms with Gasteiger partial charge in [-0.25, -0.2) is 0 Å². The number of benzene rings is 1. The molecule has 0 fully saturated rings. The molecule has 3 heteroatoms. The number of rotatable bonds is 4. The fourth-order valence-corrected chi connectivity index (χ4v) is 2.91. The molecule has 2 unspecified atom stereocenters. The minimum atomic E-state index is -0.696. The van der Waals surface area contributed by atoms with Gasteiger partial charge in [-0.1, -0.05) is 19.1 Å². The van der Waals surface area contributed by atoms with Crippen molar-refractivity contribution < 1.29 is 9.90 Å². The molecule has 1 N–H and O–H groups in total. The predicted molar refractivity (Wildman–Crippen MR) is 73.1 cm³/mol. The van der Waals surface area contributed by atoms with E-state index in [4.69, 9.17) is 5.11 Å². The molecule has 1 heterocycles. The summed E-state index contributed by atoms with van der Waals surface area (Å²) < 4.78 is 0. The van der Waals surface area contributed by atoms with Gasteiger partial charge in [-0.2, -0.15) is 0 Å². The molecule has 98 valence electrons. The van der Waals surface area contributed by atoms with Crippen LogP contribution >= 0.6 is 0 Å². The molecule has 2 rings (SSSR count). The summed E-state index contributed by atoms with van der Waals surface area (Å²) in [5, 5.41) is 9.05. The molecule has 1 aromatic carbocycles. The fourth-order valence-electron chi connectivity index (χ4n) is 2.91. The first-order valence-electron chi connectivity index (χ1n) is 6.62. The van der Waals surface area contributed by atoms with Crippen molar-refractivity contribution in [3.8, 4) is 0 Å². The van der Waals surface area contributed by atoms with E-state index in [9.17, 15) is 4.79 Å². The summed E-state index contributed by atoms with van der Waals surface area (Å²) in [7, 11) is 0. The molecule has 0 aromatic heterocycles. The minimum Gasteiger partial charge on any atom is -0.481 e. The van der Waals surface area contributed by atoms with Crippen LogP contribution in [0.5, 0.6) is 0 Å². The number of carboxylic acids is 1. The SMILES string of the molecule is CCN1c2cccc(C)c2CC1CC(C)C(=O)O. The zero-order valence-electron chi connectivity index (χ0n) is 11.3. The quantitative estimate of drug-likeness (QED) is 0.889. The standard InChI is InChI=1S/C15H21NO2/c1-4-16-12(8-11(3)15(17)18)9-13-10(2)6-5-7-14(13)16/h5-7,11-12H,4,8-9H2,1-3H3,(H,17,18). The molecule has 1 aliphatic heterocycles. The van der Waals surface area contributed by atoms with Gasteiger partial charge < -0.3 is 10.0 Å². The number of likely N-dealkylation sites (N-methyl/N-ethyl adjacent to an activating group) is 1. The molecule has 0 radical (unpaired) electrons. The van der Waals surface area contributed by atoms with Gasteiger partial charge in [0.25, 0.3) is 0 Å². The first-order valence-corrected chi connectivity index (χ1v) is 6.62. The minimum absolute atomic E-state index is 0.279. The van der Waals surface area contributed by atoms with Gasteiger partial charge in [0, 0.05) is 18.3 Å². The number of anilines is 1. The number of hydrogen-bond acceptors (Lipinski definition) is 2. The lowest BCUT2D eigenvalue weighted by Gasteiger charge is -2.27. The van der Waals surface area contributed by atoms with E-state index >= 15 is 0 Å². The van der Waals surface area contributed by atoms with E-state index < -0.39 is 5.97 Å². The van der Waals surface area contributed by atoms with Crippen molar-refractivity contribution in [2.45, 2.75) is 39.7 Å². The molecule has 2 atom stereocenters.